The lowest BCUT2D eigenvalue weighted by Crippen LogP contribution is -2.23. The van der Waals surface area contributed by atoms with Gasteiger partial charge in [-0.2, -0.15) is 8.78 Å². The van der Waals surface area contributed by atoms with Crippen LogP contribution in [0.25, 0.3) is 0 Å². The first kappa shape index (κ1) is 20.1. The summed E-state index contributed by atoms with van der Waals surface area (Å²) in [5.74, 6) is -1.13. The highest BCUT2D eigenvalue weighted by molar-refractivity contribution is 5.44. The van der Waals surface area contributed by atoms with Crippen molar-refractivity contribution >= 4 is 0 Å². The number of rotatable bonds is 7. The van der Waals surface area contributed by atoms with Crippen LogP contribution in [0.3, 0.4) is 0 Å². The van der Waals surface area contributed by atoms with Crippen LogP contribution in [0.5, 0.6) is 11.5 Å². The zero-order valence-corrected chi connectivity index (χ0v) is 16.3. The molecule has 1 fully saturated rings. The van der Waals surface area contributed by atoms with E-state index in [-0.39, 0.29) is 17.6 Å². The maximum atomic E-state index is 14.4. The molecule has 27 heavy (non-hydrogen) atoms. The first-order valence-electron chi connectivity index (χ1n) is 10.2. The minimum Gasteiger partial charge on any atom is -0.490 e. The fraction of sp³-hybridized carbons (Fsp3) is 0.636. The first-order chi connectivity index (χ1) is 13.1. The maximum absolute atomic E-state index is 14.4. The van der Waals surface area contributed by atoms with Gasteiger partial charge in [-0.05, 0) is 63.0 Å². The maximum Gasteiger partial charge on any atom is 0.204 e. The molecule has 0 N–H and O–H groups in total. The molecule has 0 spiro atoms. The van der Waals surface area contributed by atoms with Crippen LogP contribution in [-0.4, -0.2) is 25.4 Å². The Labute approximate surface area is 160 Å². The van der Waals surface area contributed by atoms with Crippen LogP contribution < -0.4 is 9.47 Å². The van der Waals surface area contributed by atoms with E-state index in [1.54, 1.807) is 6.07 Å². The van der Waals surface area contributed by atoms with Crippen molar-refractivity contribution in [2.24, 2.45) is 5.92 Å². The van der Waals surface area contributed by atoms with Gasteiger partial charge in [0.2, 0.25) is 11.6 Å². The van der Waals surface area contributed by atoms with Gasteiger partial charge in [0.15, 0.2) is 11.5 Å². The average molecular weight is 380 g/mol. The molecule has 0 amide bonds. The molecule has 1 unspecified atom stereocenters. The fourth-order valence-electron chi connectivity index (χ4n) is 3.70. The van der Waals surface area contributed by atoms with Gasteiger partial charge in [0, 0.05) is 5.56 Å². The average Bonchev–Trinajstić information content (AvgIpc) is 2.68. The molecule has 1 aliphatic carbocycles. The van der Waals surface area contributed by atoms with Crippen LogP contribution in [0.1, 0.15) is 57.9 Å². The third-order valence-electron chi connectivity index (χ3n) is 5.38. The number of halogens is 2. The summed E-state index contributed by atoms with van der Waals surface area (Å²) in [6, 6.07) is 1.57. The summed E-state index contributed by atoms with van der Waals surface area (Å²) in [5, 5.41) is 0. The standard InChI is InChI=1S/C22H30F2O3/c1-3-12-26-19-14-16-8-11-18(27-22(16)21(24)20(19)23)5-4-13-25-17-9-6-15(2)7-10-17/h4-5,14-15,17-18H,3,6-13H2,1-2H3. The van der Waals surface area contributed by atoms with E-state index in [2.05, 4.69) is 6.92 Å². The van der Waals surface area contributed by atoms with E-state index in [1.165, 1.54) is 12.8 Å². The van der Waals surface area contributed by atoms with Crippen LogP contribution in [0, 0.1) is 17.6 Å². The number of hydrogen-bond donors (Lipinski definition) is 0. The van der Waals surface area contributed by atoms with Gasteiger partial charge < -0.3 is 14.2 Å². The van der Waals surface area contributed by atoms with Gasteiger partial charge in [-0.1, -0.05) is 19.9 Å². The van der Waals surface area contributed by atoms with Gasteiger partial charge in [0.1, 0.15) is 6.10 Å². The Balaban J connectivity index is 1.54. The highest BCUT2D eigenvalue weighted by Gasteiger charge is 2.26. The van der Waals surface area contributed by atoms with Crippen LogP contribution >= 0.6 is 0 Å². The number of aryl methyl sites for hydroxylation is 1. The van der Waals surface area contributed by atoms with E-state index in [1.807, 2.05) is 19.1 Å². The van der Waals surface area contributed by atoms with Crippen molar-refractivity contribution in [2.75, 3.05) is 13.2 Å². The van der Waals surface area contributed by atoms with Gasteiger partial charge in [-0.15, -0.1) is 0 Å². The SMILES string of the molecule is CCCOc1cc2c(c(F)c1F)OC(C=CCOC1CCC(C)CC1)CC2. The summed E-state index contributed by atoms with van der Waals surface area (Å²) < 4.78 is 45.4. The van der Waals surface area contributed by atoms with Crippen molar-refractivity contribution in [3.05, 3.63) is 35.4 Å². The lowest BCUT2D eigenvalue weighted by atomic mass is 9.89. The third kappa shape index (κ3) is 5.22. The van der Waals surface area contributed by atoms with Crippen molar-refractivity contribution in [3.8, 4) is 11.5 Å². The van der Waals surface area contributed by atoms with Gasteiger partial charge in [-0.3, -0.25) is 0 Å². The van der Waals surface area contributed by atoms with E-state index in [0.717, 1.165) is 31.6 Å². The van der Waals surface area contributed by atoms with Crippen molar-refractivity contribution in [3.63, 3.8) is 0 Å². The van der Waals surface area contributed by atoms with Crippen molar-refractivity contribution in [1.29, 1.82) is 0 Å². The molecular weight excluding hydrogens is 350 g/mol. The Hall–Kier alpha value is -1.62. The lowest BCUT2D eigenvalue weighted by molar-refractivity contribution is 0.0363. The molecule has 1 aromatic rings. The third-order valence-corrected chi connectivity index (χ3v) is 5.38. The van der Waals surface area contributed by atoms with Crippen LogP contribution in [0.2, 0.25) is 0 Å². The molecule has 1 aromatic carbocycles. The molecule has 0 aromatic heterocycles. The molecule has 3 rings (SSSR count). The van der Waals surface area contributed by atoms with Gasteiger partial charge in [-0.25, -0.2) is 0 Å². The molecule has 2 aliphatic rings. The van der Waals surface area contributed by atoms with Crippen molar-refractivity contribution < 1.29 is 23.0 Å². The monoisotopic (exact) mass is 380 g/mol. The quantitative estimate of drug-likeness (QED) is 0.577. The molecule has 0 bridgehead atoms. The normalized spacial score (nSPS) is 25.3. The van der Waals surface area contributed by atoms with E-state index < -0.39 is 11.6 Å². The predicted molar refractivity (Wildman–Crippen MR) is 101 cm³/mol. The van der Waals surface area contributed by atoms with E-state index in [4.69, 9.17) is 14.2 Å². The molecule has 5 heteroatoms. The van der Waals surface area contributed by atoms with Gasteiger partial charge in [0.05, 0.1) is 19.3 Å². The highest BCUT2D eigenvalue weighted by atomic mass is 19.2. The van der Waals surface area contributed by atoms with E-state index in [9.17, 15) is 8.78 Å². The second kappa shape index (κ2) is 9.54. The minimum atomic E-state index is -0.971. The summed E-state index contributed by atoms with van der Waals surface area (Å²) in [4.78, 5) is 0. The predicted octanol–water partition coefficient (Wildman–Crippen LogP) is 5.60. The number of ether oxygens (including phenoxy) is 3. The van der Waals surface area contributed by atoms with Crippen LogP contribution in [0.15, 0.2) is 18.2 Å². The zero-order valence-electron chi connectivity index (χ0n) is 16.3. The summed E-state index contributed by atoms with van der Waals surface area (Å²) >= 11 is 0. The van der Waals surface area contributed by atoms with E-state index >= 15 is 0 Å². The van der Waals surface area contributed by atoms with E-state index in [0.29, 0.717) is 31.3 Å². The lowest BCUT2D eigenvalue weighted by Gasteiger charge is -2.26. The summed E-state index contributed by atoms with van der Waals surface area (Å²) in [6.45, 7) is 5.11. The summed E-state index contributed by atoms with van der Waals surface area (Å²) in [6.07, 6.45) is 10.7. The van der Waals surface area contributed by atoms with Gasteiger partial charge in [0.25, 0.3) is 0 Å². The molecule has 3 nitrogen and oxygen atoms in total. The summed E-state index contributed by atoms with van der Waals surface area (Å²) in [7, 11) is 0. The Morgan fingerprint density at radius 3 is 2.67 bits per heavy atom. The Morgan fingerprint density at radius 2 is 1.93 bits per heavy atom. The molecule has 0 saturated heterocycles. The minimum absolute atomic E-state index is 0.0134. The molecule has 1 saturated carbocycles. The highest BCUT2D eigenvalue weighted by Crippen LogP contribution is 2.37. The topological polar surface area (TPSA) is 27.7 Å². The molecule has 0 radical (unpaired) electrons. The Kier molecular flexibility index (Phi) is 7.11. The smallest absolute Gasteiger partial charge is 0.204 e. The molecule has 1 atom stereocenters. The van der Waals surface area contributed by atoms with Crippen LogP contribution in [0.4, 0.5) is 8.78 Å². The fourth-order valence-corrected chi connectivity index (χ4v) is 3.70. The van der Waals surface area contributed by atoms with Crippen molar-refractivity contribution in [1.82, 2.24) is 0 Å². The Morgan fingerprint density at radius 1 is 1.15 bits per heavy atom. The second-order valence-electron chi connectivity index (χ2n) is 7.68. The number of hydrogen-bond acceptors (Lipinski definition) is 3. The first-order valence-corrected chi connectivity index (χ1v) is 10.2. The van der Waals surface area contributed by atoms with Crippen molar-refractivity contribution in [2.45, 2.75) is 71.0 Å². The number of benzene rings is 1. The zero-order chi connectivity index (χ0) is 19.2. The number of fused-ring (bicyclic) bond motifs is 1. The molecule has 1 heterocycles. The summed E-state index contributed by atoms with van der Waals surface area (Å²) in [5.41, 5.74) is 0.664. The molecular formula is C22H30F2O3. The Bertz CT molecular complexity index is 651. The second-order valence-corrected chi connectivity index (χ2v) is 7.68. The van der Waals surface area contributed by atoms with Crippen LogP contribution in [-0.2, 0) is 11.2 Å². The largest absolute Gasteiger partial charge is 0.490 e. The molecule has 1 aliphatic heterocycles. The molecule has 150 valence electrons. The van der Waals surface area contributed by atoms with Gasteiger partial charge >= 0.3 is 0 Å².